The van der Waals surface area contributed by atoms with Gasteiger partial charge < -0.3 is 4.74 Å². The Balaban J connectivity index is 1.81. The number of sulfone groups is 1. The summed E-state index contributed by atoms with van der Waals surface area (Å²) in [7, 11) is -3.73. The normalized spacial score (nSPS) is 11.5. The lowest BCUT2D eigenvalue weighted by atomic mass is 10.1. The SMILES string of the molecule is CC(=O)OCS(=O)(=O)c1ccc(-c2nc3nc(C)ccn3c2-c2ccccc2)cc1. The number of benzene rings is 2. The number of esters is 1. The van der Waals surface area contributed by atoms with Crippen molar-refractivity contribution < 1.29 is 17.9 Å². The number of ether oxygens (including phenoxy) is 1. The first kappa shape index (κ1) is 19.8. The van der Waals surface area contributed by atoms with Crippen molar-refractivity contribution in [2.24, 2.45) is 0 Å². The predicted molar refractivity (Wildman–Crippen MR) is 112 cm³/mol. The van der Waals surface area contributed by atoms with E-state index < -0.39 is 21.7 Å². The molecule has 0 aliphatic heterocycles. The number of aromatic nitrogens is 3. The highest BCUT2D eigenvalue weighted by Gasteiger charge is 2.19. The first-order valence-electron chi connectivity index (χ1n) is 9.23. The van der Waals surface area contributed by atoms with Crippen molar-refractivity contribution in [2.75, 3.05) is 5.94 Å². The van der Waals surface area contributed by atoms with Gasteiger partial charge in [-0.15, -0.1) is 0 Å². The van der Waals surface area contributed by atoms with E-state index in [2.05, 4.69) is 9.72 Å². The van der Waals surface area contributed by atoms with E-state index >= 15 is 0 Å². The number of hydrogen-bond acceptors (Lipinski definition) is 6. The largest absolute Gasteiger partial charge is 0.449 e. The van der Waals surface area contributed by atoms with Crippen molar-refractivity contribution in [3.63, 3.8) is 0 Å². The third kappa shape index (κ3) is 3.81. The molecule has 2 heterocycles. The molecule has 0 saturated heterocycles. The van der Waals surface area contributed by atoms with E-state index in [1.165, 1.54) is 19.1 Å². The summed E-state index contributed by atoms with van der Waals surface area (Å²) in [5.74, 6) is -0.764. The smallest absolute Gasteiger partial charge is 0.303 e. The summed E-state index contributed by atoms with van der Waals surface area (Å²) in [6.45, 7) is 3.07. The molecule has 7 nitrogen and oxygen atoms in total. The standard InChI is InChI=1S/C22H19N3O4S/c1-15-12-13-25-21(18-6-4-3-5-7-18)20(24-22(25)23-15)17-8-10-19(11-9-17)30(27,28)14-29-16(2)26/h3-13H,14H2,1-2H3. The van der Waals surface area contributed by atoms with Crippen molar-refractivity contribution in [3.05, 3.63) is 72.6 Å². The van der Waals surface area contributed by atoms with Gasteiger partial charge in [0, 0.05) is 29.9 Å². The highest BCUT2D eigenvalue weighted by molar-refractivity contribution is 7.91. The molecule has 0 spiro atoms. The number of hydrogen-bond donors (Lipinski definition) is 0. The number of carbonyl (C=O) groups is 1. The van der Waals surface area contributed by atoms with Crippen molar-refractivity contribution in [2.45, 2.75) is 18.7 Å². The molecule has 0 aliphatic carbocycles. The maximum Gasteiger partial charge on any atom is 0.303 e. The van der Waals surface area contributed by atoms with Crippen LogP contribution >= 0.6 is 0 Å². The Morgan fingerprint density at radius 3 is 2.33 bits per heavy atom. The van der Waals surface area contributed by atoms with Gasteiger partial charge >= 0.3 is 5.97 Å². The fourth-order valence-corrected chi connectivity index (χ4v) is 4.15. The summed E-state index contributed by atoms with van der Waals surface area (Å²) in [6, 6.07) is 18.1. The molecule has 0 saturated carbocycles. The summed E-state index contributed by atoms with van der Waals surface area (Å²) < 4.78 is 31.3. The minimum Gasteiger partial charge on any atom is -0.449 e. The van der Waals surface area contributed by atoms with Crippen LogP contribution in [0.4, 0.5) is 0 Å². The molecule has 2 aromatic heterocycles. The minimum atomic E-state index is -3.73. The number of nitrogens with zero attached hydrogens (tertiary/aromatic N) is 3. The maximum atomic E-state index is 12.3. The summed E-state index contributed by atoms with van der Waals surface area (Å²) in [6.07, 6.45) is 1.93. The molecule has 0 fully saturated rings. The van der Waals surface area contributed by atoms with Crippen LogP contribution in [-0.4, -0.2) is 34.7 Å². The molecular formula is C22H19N3O4S. The van der Waals surface area contributed by atoms with Gasteiger partial charge in [-0.05, 0) is 25.1 Å². The Bertz CT molecular complexity index is 1330. The highest BCUT2D eigenvalue weighted by atomic mass is 32.2. The molecule has 0 radical (unpaired) electrons. The topological polar surface area (TPSA) is 90.6 Å². The van der Waals surface area contributed by atoms with Crippen LogP contribution in [0.5, 0.6) is 0 Å². The molecular weight excluding hydrogens is 402 g/mol. The van der Waals surface area contributed by atoms with E-state index in [1.54, 1.807) is 12.1 Å². The molecule has 0 bridgehead atoms. The number of imidazole rings is 1. The van der Waals surface area contributed by atoms with Crippen LogP contribution in [-0.2, 0) is 19.4 Å². The summed E-state index contributed by atoms with van der Waals surface area (Å²) in [5.41, 5.74) is 4.14. The third-order valence-electron chi connectivity index (χ3n) is 4.59. The van der Waals surface area contributed by atoms with Crippen molar-refractivity contribution in [1.29, 1.82) is 0 Å². The Hall–Kier alpha value is -3.52. The van der Waals surface area contributed by atoms with Gasteiger partial charge in [-0.3, -0.25) is 9.20 Å². The van der Waals surface area contributed by atoms with Crippen LogP contribution in [0.15, 0.2) is 71.8 Å². The third-order valence-corrected chi connectivity index (χ3v) is 6.00. The zero-order valence-electron chi connectivity index (χ0n) is 16.4. The van der Waals surface area contributed by atoms with Gasteiger partial charge in [-0.25, -0.2) is 18.4 Å². The van der Waals surface area contributed by atoms with Crippen LogP contribution in [0.25, 0.3) is 28.3 Å². The average molecular weight is 421 g/mol. The average Bonchev–Trinajstić information content (AvgIpc) is 3.11. The highest BCUT2D eigenvalue weighted by Crippen LogP contribution is 2.32. The first-order valence-corrected chi connectivity index (χ1v) is 10.9. The molecule has 0 atom stereocenters. The first-order chi connectivity index (χ1) is 14.3. The number of fused-ring (bicyclic) bond motifs is 1. The summed E-state index contributed by atoms with van der Waals surface area (Å²) in [5, 5.41) is 0. The Morgan fingerprint density at radius 2 is 1.67 bits per heavy atom. The molecule has 152 valence electrons. The van der Waals surface area contributed by atoms with Gasteiger partial charge in [0.05, 0.1) is 16.3 Å². The second kappa shape index (κ2) is 7.72. The van der Waals surface area contributed by atoms with Crippen LogP contribution < -0.4 is 0 Å². The lowest BCUT2D eigenvalue weighted by molar-refractivity contribution is -0.138. The summed E-state index contributed by atoms with van der Waals surface area (Å²) in [4.78, 5) is 20.2. The van der Waals surface area contributed by atoms with Crippen molar-refractivity contribution in [3.8, 4) is 22.5 Å². The number of rotatable bonds is 5. The second-order valence-corrected chi connectivity index (χ2v) is 8.74. The van der Waals surface area contributed by atoms with E-state index in [1.807, 2.05) is 53.9 Å². The zero-order valence-corrected chi connectivity index (χ0v) is 17.3. The molecule has 0 aliphatic rings. The fourth-order valence-electron chi connectivity index (χ4n) is 3.14. The van der Waals surface area contributed by atoms with Crippen LogP contribution in [0.2, 0.25) is 0 Å². The lowest BCUT2D eigenvalue weighted by Gasteiger charge is -2.08. The monoisotopic (exact) mass is 421 g/mol. The number of carbonyl (C=O) groups excluding carboxylic acids is 1. The molecule has 8 heteroatoms. The molecule has 0 amide bonds. The Kier molecular flexibility index (Phi) is 5.09. The van der Waals surface area contributed by atoms with Crippen LogP contribution in [0, 0.1) is 6.92 Å². The quantitative estimate of drug-likeness (QED) is 0.457. The summed E-state index contributed by atoms with van der Waals surface area (Å²) >= 11 is 0. The van der Waals surface area contributed by atoms with E-state index in [0.717, 1.165) is 22.5 Å². The maximum absolute atomic E-state index is 12.3. The van der Waals surface area contributed by atoms with E-state index in [-0.39, 0.29) is 4.90 Å². The van der Waals surface area contributed by atoms with Gasteiger partial charge in [0.15, 0.2) is 5.94 Å². The van der Waals surface area contributed by atoms with Crippen LogP contribution in [0.1, 0.15) is 12.6 Å². The van der Waals surface area contributed by atoms with Gasteiger partial charge in [-0.1, -0.05) is 42.5 Å². The fraction of sp³-hybridized carbons (Fsp3) is 0.136. The van der Waals surface area contributed by atoms with Gasteiger partial charge in [0.1, 0.15) is 0 Å². The van der Waals surface area contributed by atoms with Gasteiger partial charge in [-0.2, -0.15) is 0 Å². The van der Waals surface area contributed by atoms with Crippen LogP contribution in [0.3, 0.4) is 0 Å². The van der Waals surface area contributed by atoms with Crippen molar-refractivity contribution in [1.82, 2.24) is 14.4 Å². The van der Waals surface area contributed by atoms with E-state index in [4.69, 9.17) is 4.98 Å². The second-order valence-electron chi connectivity index (χ2n) is 6.81. The molecule has 2 aromatic carbocycles. The van der Waals surface area contributed by atoms with Crippen molar-refractivity contribution >= 4 is 21.6 Å². The molecule has 4 rings (SSSR count). The molecule has 4 aromatic rings. The lowest BCUT2D eigenvalue weighted by Crippen LogP contribution is -2.12. The minimum absolute atomic E-state index is 0.0755. The Labute approximate surface area is 173 Å². The molecule has 0 N–H and O–H groups in total. The van der Waals surface area contributed by atoms with E-state index in [9.17, 15) is 13.2 Å². The zero-order chi connectivity index (χ0) is 21.3. The molecule has 0 unspecified atom stereocenters. The van der Waals surface area contributed by atoms with E-state index in [0.29, 0.717) is 11.5 Å². The van der Waals surface area contributed by atoms with Gasteiger partial charge in [0.25, 0.3) is 0 Å². The molecule has 30 heavy (non-hydrogen) atoms. The van der Waals surface area contributed by atoms with Gasteiger partial charge in [0.2, 0.25) is 15.6 Å². The predicted octanol–water partition coefficient (Wildman–Crippen LogP) is 3.67. The Morgan fingerprint density at radius 1 is 0.967 bits per heavy atom. The number of aryl methyl sites for hydroxylation is 1.